The first-order chi connectivity index (χ1) is 9.02. The molecule has 0 aromatic carbocycles. The predicted octanol–water partition coefficient (Wildman–Crippen LogP) is 1.20. The number of hydrogen-bond donors (Lipinski definition) is 0. The Morgan fingerprint density at radius 1 is 1.32 bits per heavy atom. The molecule has 1 aromatic rings. The van der Waals surface area contributed by atoms with E-state index < -0.39 is 0 Å². The highest BCUT2D eigenvalue weighted by molar-refractivity contribution is 7.07. The maximum atomic E-state index is 12.0. The molecule has 0 aliphatic carbocycles. The first-order valence-electron chi connectivity index (χ1n) is 6.12. The lowest BCUT2D eigenvalue weighted by atomic mass is 10.3. The molecule has 0 saturated carbocycles. The van der Waals surface area contributed by atoms with Crippen LogP contribution in [0, 0.1) is 0 Å². The lowest BCUT2D eigenvalue weighted by Gasteiger charge is -2.21. The fraction of sp³-hybridized carbons (Fsp3) is 0.538. The van der Waals surface area contributed by atoms with Crippen molar-refractivity contribution in [2.45, 2.75) is 13.5 Å². The van der Waals surface area contributed by atoms with Gasteiger partial charge in [-0.3, -0.25) is 14.5 Å². The van der Waals surface area contributed by atoms with Crippen LogP contribution in [0.5, 0.6) is 0 Å². The van der Waals surface area contributed by atoms with Crippen molar-refractivity contribution in [2.24, 2.45) is 0 Å². The van der Waals surface area contributed by atoms with Gasteiger partial charge in [0.25, 0.3) is 0 Å². The second-order valence-electron chi connectivity index (χ2n) is 4.36. The second kappa shape index (κ2) is 7.91. The number of amides is 1. The third-order valence-electron chi connectivity index (χ3n) is 2.54. The summed E-state index contributed by atoms with van der Waals surface area (Å²) in [4.78, 5) is 26.5. The molecule has 0 aliphatic heterocycles. The van der Waals surface area contributed by atoms with Crippen LogP contribution >= 0.6 is 11.3 Å². The van der Waals surface area contributed by atoms with Crippen molar-refractivity contribution in [1.29, 1.82) is 0 Å². The van der Waals surface area contributed by atoms with E-state index in [4.69, 9.17) is 4.74 Å². The summed E-state index contributed by atoms with van der Waals surface area (Å²) < 4.78 is 4.84. The van der Waals surface area contributed by atoms with E-state index in [1.54, 1.807) is 42.2 Å². The summed E-state index contributed by atoms with van der Waals surface area (Å²) in [5.74, 6) is -0.323. The van der Waals surface area contributed by atoms with E-state index >= 15 is 0 Å². The van der Waals surface area contributed by atoms with Gasteiger partial charge < -0.3 is 9.64 Å². The molecule has 1 amide bonds. The van der Waals surface area contributed by atoms with E-state index in [9.17, 15) is 9.59 Å². The van der Waals surface area contributed by atoms with Crippen LogP contribution < -0.4 is 0 Å². The van der Waals surface area contributed by atoms with Crippen LogP contribution in [0.3, 0.4) is 0 Å². The Labute approximate surface area is 117 Å². The minimum absolute atomic E-state index is 0.0157. The molecule has 0 saturated heterocycles. The summed E-state index contributed by atoms with van der Waals surface area (Å²) in [5, 5.41) is 4.01. The molecule has 1 aromatic heterocycles. The second-order valence-corrected chi connectivity index (χ2v) is 5.14. The van der Waals surface area contributed by atoms with Gasteiger partial charge in [-0.05, 0) is 36.4 Å². The Morgan fingerprint density at radius 3 is 2.63 bits per heavy atom. The van der Waals surface area contributed by atoms with E-state index in [2.05, 4.69) is 0 Å². The molecule has 0 spiro atoms. The summed E-state index contributed by atoms with van der Waals surface area (Å²) in [6.45, 7) is 3.05. The van der Waals surface area contributed by atoms with Gasteiger partial charge in [0.2, 0.25) is 5.91 Å². The van der Waals surface area contributed by atoms with Crippen molar-refractivity contribution in [3.05, 3.63) is 22.4 Å². The van der Waals surface area contributed by atoms with Gasteiger partial charge in [0, 0.05) is 13.6 Å². The van der Waals surface area contributed by atoms with Crippen LogP contribution in [0.25, 0.3) is 0 Å². The van der Waals surface area contributed by atoms with Gasteiger partial charge in [0.05, 0.1) is 19.7 Å². The predicted molar refractivity (Wildman–Crippen MR) is 74.9 cm³/mol. The molecule has 0 fully saturated rings. The monoisotopic (exact) mass is 284 g/mol. The topological polar surface area (TPSA) is 49.9 Å². The van der Waals surface area contributed by atoms with Gasteiger partial charge in [-0.1, -0.05) is 0 Å². The largest absolute Gasteiger partial charge is 0.465 e. The third kappa shape index (κ3) is 5.85. The van der Waals surface area contributed by atoms with Crippen LogP contribution in [0.2, 0.25) is 0 Å². The van der Waals surface area contributed by atoms with Crippen LogP contribution in [0.4, 0.5) is 0 Å². The number of hydrogen-bond acceptors (Lipinski definition) is 5. The van der Waals surface area contributed by atoms with E-state index in [1.165, 1.54) is 0 Å². The molecule has 5 nitrogen and oxygen atoms in total. The lowest BCUT2D eigenvalue weighted by molar-refractivity contribution is -0.144. The summed E-state index contributed by atoms with van der Waals surface area (Å²) in [5.41, 5.74) is 1.12. The van der Waals surface area contributed by atoms with Crippen LogP contribution in [-0.4, -0.2) is 55.5 Å². The molecular formula is C13H20N2O3S. The van der Waals surface area contributed by atoms with E-state index in [-0.39, 0.29) is 25.0 Å². The number of carbonyl (C=O) groups is 2. The molecular weight excluding hydrogens is 264 g/mol. The van der Waals surface area contributed by atoms with Crippen molar-refractivity contribution in [1.82, 2.24) is 9.80 Å². The quantitative estimate of drug-likeness (QED) is 0.706. The van der Waals surface area contributed by atoms with Crippen molar-refractivity contribution in [3.8, 4) is 0 Å². The standard InChI is InChI=1S/C13H20N2O3S/c1-4-18-13(17)9-14(2)8-12(16)15(3)7-11-5-6-19-10-11/h5-6,10H,4,7-9H2,1-3H3. The Morgan fingerprint density at radius 2 is 2.05 bits per heavy atom. The highest BCUT2D eigenvalue weighted by Gasteiger charge is 2.14. The van der Waals surface area contributed by atoms with Gasteiger partial charge in [-0.15, -0.1) is 0 Å². The first-order valence-corrected chi connectivity index (χ1v) is 7.06. The van der Waals surface area contributed by atoms with Crippen molar-refractivity contribution in [2.75, 3.05) is 33.8 Å². The number of carbonyl (C=O) groups excluding carboxylic acids is 2. The number of rotatable bonds is 7. The van der Waals surface area contributed by atoms with Crippen molar-refractivity contribution >= 4 is 23.2 Å². The fourth-order valence-electron chi connectivity index (χ4n) is 1.58. The van der Waals surface area contributed by atoms with Gasteiger partial charge in [-0.2, -0.15) is 11.3 Å². The number of ether oxygens (including phenoxy) is 1. The smallest absolute Gasteiger partial charge is 0.320 e. The minimum atomic E-state index is -0.307. The van der Waals surface area contributed by atoms with E-state index in [1.807, 2.05) is 16.8 Å². The molecule has 19 heavy (non-hydrogen) atoms. The third-order valence-corrected chi connectivity index (χ3v) is 3.27. The normalized spacial score (nSPS) is 10.5. The van der Waals surface area contributed by atoms with Crippen molar-refractivity contribution < 1.29 is 14.3 Å². The molecule has 0 radical (unpaired) electrons. The first kappa shape index (κ1) is 15.7. The lowest BCUT2D eigenvalue weighted by Crippen LogP contribution is -2.38. The molecule has 1 heterocycles. The molecule has 0 atom stereocenters. The molecule has 106 valence electrons. The summed E-state index contributed by atoms with van der Waals surface area (Å²) >= 11 is 1.61. The van der Waals surface area contributed by atoms with Crippen LogP contribution in [-0.2, 0) is 20.9 Å². The Hall–Kier alpha value is -1.40. The van der Waals surface area contributed by atoms with Gasteiger partial charge in [0.1, 0.15) is 0 Å². The van der Waals surface area contributed by atoms with Gasteiger partial charge in [-0.25, -0.2) is 0 Å². The molecule has 0 unspecified atom stereocenters. The Bertz CT molecular complexity index is 406. The summed E-state index contributed by atoms with van der Waals surface area (Å²) in [6, 6.07) is 2.00. The SMILES string of the molecule is CCOC(=O)CN(C)CC(=O)N(C)Cc1ccsc1. The summed E-state index contributed by atoms with van der Waals surface area (Å²) in [6.07, 6.45) is 0. The molecule has 0 aliphatic rings. The average Bonchev–Trinajstić information content (AvgIpc) is 2.81. The van der Waals surface area contributed by atoms with E-state index in [0.717, 1.165) is 5.56 Å². The van der Waals surface area contributed by atoms with Crippen molar-refractivity contribution in [3.63, 3.8) is 0 Å². The zero-order valence-corrected chi connectivity index (χ0v) is 12.4. The molecule has 0 N–H and O–H groups in total. The number of thiophene rings is 1. The fourth-order valence-corrected chi connectivity index (χ4v) is 2.24. The zero-order chi connectivity index (χ0) is 14.3. The average molecular weight is 284 g/mol. The maximum absolute atomic E-state index is 12.0. The molecule has 6 heteroatoms. The minimum Gasteiger partial charge on any atom is -0.465 e. The van der Waals surface area contributed by atoms with E-state index in [0.29, 0.717) is 13.2 Å². The molecule has 0 bridgehead atoms. The highest BCUT2D eigenvalue weighted by Crippen LogP contribution is 2.08. The number of esters is 1. The maximum Gasteiger partial charge on any atom is 0.320 e. The molecule has 1 rings (SSSR count). The number of nitrogens with zero attached hydrogens (tertiary/aromatic N) is 2. The van der Waals surface area contributed by atoms with Gasteiger partial charge in [0.15, 0.2) is 0 Å². The number of likely N-dealkylation sites (N-methyl/N-ethyl adjacent to an activating group) is 2. The summed E-state index contributed by atoms with van der Waals surface area (Å²) in [7, 11) is 3.49. The Kier molecular flexibility index (Phi) is 6.52. The Balaban J connectivity index is 2.34. The highest BCUT2D eigenvalue weighted by atomic mass is 32.1. The zero-order valence-electron chi connectivity index (χ0n) is 11.6. The van der Waals surface area contributed by atoms with Gasteiger partial charge >= 0.3 is 5.97 Å². The van der Waals surface area contributed by atoms with Crippen LogP contribution in [0.15, 0.2) is 16.8 Å². The van der Waals surface area contributed by atoms with Crippen LogP contribution in [0.1, 0.15) is 12.5 Å².